The molecule has 1 aromatic rings. The number of nitrogens with zero attached hydrogens (tertiary/aromatic N) is 1. The highest BCUT2D eigenvalue weighted by Crippen LogP contribution is 2.26. The molecule has 0 unspecified atom stereocenters. The second kappa shape index (κ2) is 12.6. The maximum Gasteiger partial charge on any atom is 0.339 e. The highest BCUT2D eigenvalue weighted by atomic mass is 35.5. The van der Waals surface area contributed by atoms with Crippen molar-refractivity contribution in [3.8, 4) is 0 Å². The van der Waals surface area contributed by atoms with Crippen LogP contribution in [0.2, 0.25) is 0 Å². The number of carbonyl (C=O) groups is 3. The monoisotopic (exact) mass is 489 g/mol. The lowest BCUT2D eigenvalue weighted by atomic mass is 9.96. The smallest absolute Gasteiger partial charge is 0.339 e. The molecule has 0 saturated heterocycles. The van der Waals surface area contributed by atoms with Gasteiger partial charge in [0.2, 0.25) is 0 Å². The van der Waals surface area contributed by atoms with Crippen LogP contribution in [0.25, 0.3) is 0 Å². The van der Waals surface area contributed by atoms with Crippen molar-refractivity contribution in [1.82, 2.24) is 0 Å². The normalized spacial score (nSPS) is 12.7. The number of likely N-dealkylation sites (N-methyl/N-ethyl adjacent to an activating group) is 1. The summed E-state index contributed by atoms with van der Waals surface area (Å²) in [6, 6.07) is 9.06. The van der Waals surface area contributed by atoms with Gasteiger partial charge in [-0.3, -0.25) is 4.79 Å². The molecule has 7 heteroatoms. The SMILES string of the molecule is C=C(CCCCl)/C(C(=O)OC(C)(C)C)=C(/C=C/C(=O)N(C)c1ccccc1)C(=O)OC(C)(C)C. The van der Waals surface area contributed by atoms with Gasteiger partial charge in [-0.15, -0.1) is 11.6 Å². The molecule has 1 aromatic carbocycles. The highest BCUT2D eigenvalue weighted by Gasteiger charge is 2.29. The van der Waals surface area contributed by atoms with Crippen LogP contribution < -0.4 is 4.90 Å². The zero-order chi connectivity index (χ0) is 26.1. The van der Waals surface area contributed by atoms with Crippen LogP contribution in [0.3, 0.4) is 0 Å². The van der Waals surface area contributed by atoms with Gasteiger partial charge in [-0.25, -0.2) is 9.59 Å². The van der Waals surface area contributed by atoms with Crippen molar-refractivity contribution in [2.75, 3.05) is 17.8 Å². The minimum absolute atomic E-state index is 0.0271. The average Bonchev–Trinajstić information content (AvgIpc) is 2.72. The summed E-state index contributed by atoms with van der Waals surface area (Å²) in [6.07, 6.45) is 3.44. The van der Waals surface area contributed by atoms with Gasteiger partial charge in [0.25, 0.3) is 5.91 Å². The van der Waals surface area contributed by atoms with Gasteiger partial charge in [-0.05, 0) is 78.2 Å². The Kier molecular flexibility index (Phi) is 10.8. The number of amides is 1. The Morgan fingerprint density at radius 2 is 1.47 bits per heavy atom. The van der Waals surface area contributed by atoms with Crippen molar-refractivity contribution in [3.63, 3.8) is 0 Å². The molecule has 0 spiro atoms. The molecule has 0 aliphatic rings. The van der Waals surface area contributed by atoms with Gasteiger partial charge in [0.15, 0.2) is 0 Å². The number of carbonyl (C=O) groups excluding carboxylic acids is 3. The first-order valence-corrected chi connectivity index (χ1v) is 11.7. The second-order valence-electron chi connectivity index (χ2n) is 9.75. The molecule has 0 N–H and O–H groups in total. The van der Waals surface area contributed by atoms with Gasteiger partial charge in [0, 0.05) is 24.7 Å². The molecule has 186 valence electrons. The van der Waals surface area contributed by atoms with E-state index in [0.29, 0.717) is 30.0 Å². The summed E-state index contributed by atoms with van der Waals surface area (Å²) in [5.74, 6) is -1.51. The zero-order valence-electron chi connectivity index (χ0n) is 21.2. The zero-order valence-corrected chi connectivity index (χ0v) is 22.0. The lowest BCUT2D eigenvalue weighted by Gasteiger charge is -2.24. The van der Waals surface area contributed by atoms with Crippen molar-refractivity contribution in [2.45, 2.75) is 65.6 Å². The maximum atomic E-state index is 13.2. The molecule has 0 heterocycles. The van der Waals surface area contributed by atoms with Gasteiger partial charge in [0.1, 0.15) is 11.2 Å². The molecule has 0 aliphatic heterocycles. The van der Waals surface area contributed by atoms with Gasteiger partial charge in [-0.2, -0.15) is 0 Å². The third kappa shape index (κ3) is 9.96. The van der Waals surface area contributed by atoms with Crippen LogP contribution in [-0.4, -0.2) is 42.0 Å². The number of esters is 2. The number of anilines is 1. The van der Waals surface area contributed by atoms with Gasteiger partial charge in [0.05, 0.1) is 11.1 Å². The van der Waals surface area contributed by atoms with Crippen LogP contribution in [0.5, 0.6) is 0 Å². The number of halogens is 1. The van der Waals surface area contributed by atoms with Crippen molar-refractivity contribution in [2.24, 2.45) is 0 Å². The average molecular weight is 490 g/mol. The standard InChI is InChI=1S/C27H36ClNO5/c1-19(13-12-18-28)23(25(32)34-27(5,6)7)21(24(31)33-26(2,3)4)16-17-22(30)29(8)20-14-10-9-11-15-20/h9-11,14-17H,1,12-13,18H2,2-8H3/b17-16+,23-21+. The van der Waals surface area contributed by atoms with E-state index in [0.717, 1.165) is 0 Å². The largest absolute Gasteiger partial charge is 0.456 e. The fourth-order valence-electron chi connectivity index (χ4n) is 2.81. The molecule has 0 bridgehead atoms. The molecular weight excluding hydrogens is 454 g/mol. The number of ether oxygens (including phenoxy) is 2. The van der Waals surface area contributed by atoms with E-state index in [4.69, 9.17) is 21.1 Å². The lowest BCUT2D eigenvalue weighted by molar-refractivity contribution is -0.153. The van der Waals surface area contributed by atoms with E-state index in [1.807, 2.05) is 18.2 Å². The summed E-state index contributed by atoms with van der Waals surface area (Å²) in [7, 11) is 1.62. The maximum absolute atomic E-state index is 13.2. The van der Waals surface area contributed by atoms with Crippen molar-refractivity contribution in [1.29, 1.82) is 0 Å². The van der Waals surface area contributed by atoms with E-state index in [2.05, 4.69) is 6.58 Å². The van der Waals surface area contributed by atoms with E-state index >= 15 is 0 Å². The van der Waals surface area contributed by atoms with Crippen LogP contribution in [0, 0.1) is 0 Å². The van der Waals surface area contributed by atoms with E-state index < -0.39 is 23.1 Å². The predicted octanol–water partition coefficient (Wildman–Crippen LogP) is 5.76. The van der Waals surface area contributed by atoms with Crippen LogP contribution in [-0.2, 0) is 23.9 Å². The Morgan fingerprint density at radius 1 is 0.941 bits per heavy atom. The summed E-state index contributed by atoms with van der Waals surface area (Å²) in [5, 5.41) is 0. The van der Waals surface area contributed by atoms with Gasteiger partial charge >= 0.3 is 11.9 Å². The molecule has 0 saturated carbocycles. The van der Waals surface area contributed by atoms with Crippen molar-refractivity contribution >= 4 is 35.1 Å². The lowest BCUT2D eigenvalue weighted by Crippen LogP contribution is -2.29. The predicted molar refractivity (Wildman–Crippen MR) is 137 cm³/mol. The van der Waals surface area contributed by atoms with Crippen LogP contribution in [0.15, 0.2) is 65.8 Å². The quantitative estimate of drug-likeness (QED) is 0.191. The van der Waals surface area contributed by atoms with Crippen LogP contribution in [0.4, 0.5) is 5.69 Å². The molecule has 0 atom stereocenters. The molecular formula is C27H36ClNO5. The highest BCUT2D eigenvalue weighted by molar-refractivity contribution is 6.17. The molecule has 0 fully saturated rings. The third-order valence-corrected chi connectivity index (χ3v) is 4.59. The number of benzene rings is 1. The number of para-hydroxylation sites is 1. The molecule has 0 aliphatic carbocycles. The minimum atomic E-state index is -0.822. The van der Waals surface area contributed by atoms with Crippen LogP contribution >= 0.6 is 11.6 Å². The first kappa shape index (κ1) is 29.2. The second-order valence-corrected chi connectivity index (χ2v) is 10.1. The third-order valence-electron chi connectivity index (χ3n) is 4.32. The fraction of sp³-hybridized carbons (Fsp3) is 0.444. The molecule has 6 nitrogen and oxygen atoms in total. The van der Waals surface area contributed by atoms with Crippen LogP contribution in [0.1, 0.15) is 54.4 Å². The van der Waals surface area contributed by atoms with E-state index in [-0.39, 0.29) is 17.1 Å². The number of alkyl halides is 1. The molecule has 0 radical (unpaired) electrons. The summed E-state index contributed by atoms with van der Waals surface area (Å²) in [6.45, 7) is 14.3. The first-order chi connectivity index (χ1) is 15.7. The Labute approximate surface area is 208 Å². The van der Waals surface area contributed by atoms with Crippen molar-refractivity contribution in [3.05, 3.63) is 65.8 Å². The van der Waals surface area contributed by atoms with Gasteiger partial charge < -0.3 is 14.4 Å². The number of hydrogen-bond acceptors (Lipinski definition) is 5. The Hall–Kier alpha value is -2.86. The Balaban J connectivity index is 3.56. The first-order valence-electron chi connectivity index (χ1n) is 11.1. The summed E-state index contributed by atoms with van der Waals surface area (Å²) in [5.41, 5.74) is -0.694. The summed E-state index contributed by atoms with van der Waals surface area (Å²) in [4.78, 5) is 40.6. The molecule has 34 heavy (non-hydrogen) atoms. The van der Waals surface area contributed by atoms with E-state index in [1.54, 1.807) is 60.7 Å². The molecule has 1 amide bonds. The molecule has 0 aromatic heterocycles. The Morgan fingerprint density at radius 3 is 1.97 bits per heavy atom. The number of hydrogen-bond donors (Lipinski definition) is 0. The fourth-order valence-corrected chi connectivity index (χ4v) is 2.94. The van der Waals surface area contributed by atoms with Crippen molar-refractivity contribution < 1.29 is 23.9 Å². The van der Waals surface area contributed by atoms with Gasteiger partial charge in [-0.1, -0.05) is 24.8 Å². The number of rotatable bonds is 9. The topological polar surface area (TPSA) is 72.9 Å². The Bertz CT molecular complexity index is 949. The summed E-state index contributed by atoms with van der Waals surface area (Å²) >= 11 is 5.83. The van der Waals surface area contributed by atoms with E-state index in [1.165, 1.54) is 17.1 Å². The molecule has 1 rings (SSSR count). The summed E-state index contributed by atoms with van der Waals surface area (Å²) < 4.78 is 11.1. The van der Waals surface area contributed by atoms with E-state index in [9.17, 15) is 14.4 Å². The minimum Gasteiger partial charge on any atom is -0.456 e.